The molecule has 1 atom stereocenters. The highest BCUT2D eigenvalue weighted by molar-refractivity contribution is 6.23. The van der Waals surface area contributed by atoms with Crippen LogP contribution in [0.1, 0.15) is 42.9 Å². The van der Waals surface area contributed by atoms with Crippen molar-refractivity contribution in [2.75, 3.05) is 4.90 Å². The number of allylic oxidation sites excluding steroid dienone is 4. The lowest BCUT2D eigenvalue weighted by Crippen LogP contribution is -2.15. The summed E-state index contributed by atoms with van der Waals surface area (Å²) < 4.78 is 6.51. The van der Waals surface area contributed by atoms with Gasteiger partial charge >= 0.3 is 0 Å². The van der Waals surface area contributed by atoms with E-state index in [9.17, 15) is 0 Å². The van der Waals surface area contributed by atoms with E-state index in [1.54, 1.807) is 0 Å². The minimum atomic E-state index is -0.0501. The molecule has 1 unspecified atom stereocenters. The van der Waals surface area contributed by atoms with Gasteiger partial charge in [-0.1, -0.05) is 123 Å². The van der Waals surface area contributed by atoms with Gasteiger partial charge in [-0.25, -0.2) is 0 Å². The van der Waals surface area contributed by atoms with Crippen molar-refractivity contribution in [3.05, 3.63) is 168 Å². The minimum Gasteiger partial charge on any atom is -0.461 e. The van der Waals surface area contributed by atoms with Crippen molar-refractivity contribution < 1.29 is 4.74 Å². The first kappa shape index (κ1) is 26.6. The van der Waals surface area contributed by atoms with Crippen LogP contribution in [0.2, 0.25) is 0 Å². The third-order valence-corrected chi connectivity index (χ3v) is 10.8. The standard InChI is InChI=1S/C45H33NO/c1-45(2)39-17-9-7-13-33(39)38-26-30(22-24-40(38)45)46(31-21-23-36-35-15-8-10-18-42(35)47-43(36)27-31)41-25-29-20-19-28-11-3-4-12-32(28)44(29)37-16-6-5-14-34(37)41/h3-14,16-27,35H,15H2,1-2H3. The second kappa shape index (κ2) is 9.70. The highest BCUT2D eigenvalue weighted by atomic mass is 16.5. The molecule has 0 saturated heterocycles. The Morgan fingerprint density at radius 2 is 1.36 bits per heavy atom. The molecule has 7 aromatic rings. The highest BCUT2D eigenvalue weighted by Gasteiger charge is 2.36. The molecule has 2 heteroatoms. The Balaban J connectivity index is 1.25. The molecule has 1 heterocycles. The molecule has 224 valence electrons. The zero-order valence-corrected chi connectivity index (χ0v) is 26.5. The van der Waals surface area contributed by atoms with Gasteiger partial charge in [-0.05, 0) is 85.9 Å². The Bertz CT molecular complexity index is 2520. The molecule has 0 amide bonds. The summed E-state index contributed by atoms with van der Waals surface area (Å²) in [6.45, 7) is 4.69. The smallest absolute Gasteiger partial charge is 0.132 e. The number of hydrogen-bond acceptors (Lipinski definition) is 2. The number of benzene rings is 7. The largest absolute Gasteiger partial charge is 0.461 e. The summed E-state index contributed by atoms with van der Waals surface area (Å²) in [6.07, 6.45) is 7.44. The first-order chi connectivity index (χ1) is 23.1. The number of rotatable bonds is 3. The average Bonchev–Trinajstić information content (AvgIpc) is 3.59. The van der Waals surface area contributed by atoms with Gasteiger partial charge in [0.2, 0.25) is 0 Å². The Labute approximate surface area is 274 Å². The molecule has 3 aliphatic rings. The van der Waals surface area contributed by atoms with Crippen molar-refractivity contribution in [1.29, 1.82) is 0 Å². The van der Waals surface area contributed by atoms with Crippen LogP contribution in [0.5, 0.6) is 5.75 Å². The number of anilines is 3. The molecule has 0 radical (unpaired) electrons. The van der Waals surface area contributed by atoms with E-state index in [0.717, 1.165) is 35.0 Å². The van der Waals surface area contributed by atoms with E-state index in [-0.39, 0.29) is 5.41 Å². The van der Waals surface area contributed by atoms with Crippen LogP contribution in [0.3, 0.4) is 0 Å². The van der Waals surface area contributed by atoms with Crippen LogP contribution in [0.25, 0.3) is 43.4 Å². The fraction of sp³-hybridized carbons (Fsp3) is 0.111. The summed E-state index contributed by atoms with van der Waals surface area (Å²) in [7, 11) is 0. The molecule has 0 aromatic heterocycles. The quantitative estimate of drug-likeness (QED) is 0.186. The van der Waals surface area contributed by atoms with E-state index in [0.29, 0.717) is 5.92 Å². The minimum absolute atomic E-state index is 0.0501. The Kier molecular flexibility index (Phi) is 5.49. The lowest BCUT2D eigenvalue weighted by Gasteiger charge is -2.29. The Morgan fingerprint density at radius 1 is 0.638 bits per heavy atom. The molecule has 7 aromatic carbocycles. The van der Waals surface area contributed by atoms with E-state index in [4.69, 9.17) is 4.74 Å². The summed E-state index contributed by atoms with van der Waals surface area (Å²) in [6, 6.07) is 47.3. The molecular weight excluding hydrogens is 571 g/mol. The Morgan fingerprint density at radius 3 is 2.28 bits per heavy atom. The van der Waals surface area contributed by atoms with Gasteiger partial charge in [0.25, 0.3) is 0 Å². The van der Waals surface area contributed by atoms with Crippen molar-refractivity contribution in [1.82, 2.24) is 0 Å². The maximum absolute atomic E-state index is 6.51. The van der Waals surface area contributed by atoms with Crippen molar-refractivity contribution >= 4 is 49.4 Å². The molecule has 10 rings (SSSR count). The molecule has 0 fully saturated rings. The molecule has 1 aliphatic heterocycles. The predicted molar refractivity (Wildman–Crippen MR) is 196 cm³/mol. The van der Waals surface area contributed by atoms with Crippen LogP contribution in [0, 0.1) is 0 Å². The third-order valence-electron chi connectivity index (χ3n) is 10.8. The number of nitrogens with zero attached hydrogens (tertiary/aromatic N) is 1. The monoisotopic (exact) mass is 603 g/mol. The topological polar surface area (TPSA) is 12.5 Å². The molecule has 0 N–H and O–H groups in total. The van der Waals surface area contributed by atoms with Gasteiger partial charge in [-0.3, -0.25) is 0 Å². The van der Waals surface area contributed by atoms with Crippen LogP contribution in [0.4, 0.5) is 17.1 Å². The van der Waals surface area contributed by atoms with Gasteiger partial charge in [-0.15, -0.1) is 0 Å². The predicted octanol–water partition coefficient (Wildman–Crippen LogP) is 12.2. The molecule has 2 nitrogen and oxygen atoms in total. The maximum Gasteiger partial charge on any atom is 0.132 e. The van der Waals surface area contributed by atoms with Crippen LogP contribution < -0.4 is 9.64 Å². The molecule has 0 bridgehead atoms. The first-order valence-electron chi connectivity index (χ1n) is 16.6. The molecule has 0 saturated carbocycles. The van der Waals surface area contributed by atoms with E-state index in [1.807, 2.05) is 0 Å². The lowest BCUT2D eigenvalue weighted by atomic mass is 9.82. The summed E-state index contributed by atoms with van der Waals surface area (Å²) in [5.74, 6) is 2.30. The maximum atomic E-state index is 6.51. The molecular formula is C45H33NO. The van der Waals surface area contributed by atoms with E-state index in [1.165, 1.54) is 60.1 Å². The van der Waals surface area contributed by atoms with Crippen LogP contribution in [0.15, 0.2) is 151 Å². The number of hydrogen-bond donors (Lipinski definition) is 0. The van der Waals surface area contributed by atoms with E-state index in [2.05, 4.69) is 164 Å². The van der Waals surface area contributed by atoms with E-state index >= 15 is 0 Å². The molecule has 2 aliphatic carbocycles. The van der Waals surface area contributed by atoms with Crippen molar-refractivity contribution in [3.8, 4) is 16.9 Å². The highest BCUT2D eigenvalue weighted by Crippen LogP contribution is 2.53. The first-order valence-corrected chi connectivity index (χ1v) is 16.6. The van der Waals surface area contributed by atoms with Crippen molar-refractivity contribution in [2.24, 2.45) is 0 Å². The SMILES string of the molecule is CC1(C)c2ccccc2-c2cc(N(c3ccc4c(c3)OC3=CC=CCC34)c3cc4ccc5ccccc5c4c4ccccc34)ccc21. The summed E-state index contributed by atoms with van der Waals surface area (Å²) >= 11 is 0. The summed E-state index contributed by atoms with van der Waals surface area (Å²) in [4.78, 5) is 2.45. The fourth-order valence-electron chi connectivity index (χ4n) is 8.48. The number of ether oxygens (including phenoxy) is 1. The van der Waals surface area contributed by atoms with Crippen molar-refractivity contribution in [3.63, 3.8) is 0 Å². The van der Waals surface area contributed by atoms with E-state index < -0.39 is 0 Å². The molecule has 47 heavy (non-hydrogen) atoms. The second-order valence-electron chi connectivity index (χ2n) is 13.7. The van der Waals surface area contributed by atoms with Gasteiger partial charge in [-0.2, -0.15) is 0 Å². The zero-order valence-electron chi connectivity index (χ0n) is 26.5. The van der Waals surface area contributed by atoms with Gasteiger partial charge in [0.05, 0.1) is 5.69 Å². The van der Waals surface area contributed by atoms with Gasteiger partial charge < -0.3 is 9.64 Å². The van der Waals surface area contributed by atoms with Gasteiger partial charge in [0, 0.05) is 39.7 Å². The van der Waals surface area contributed by atoms with Gasteiger partial charge in [0.1, 0.15) is 11.5 Å². The van der Waals surface area contributed by atoms with Crippen LogP contribution >= 0.6 is 0 Å². The zero-order chi connectivity index (χ0) is 31.3. The average molecular weight is 604 g/mol. The number of fused-ring (bicyclic) bond motifs is 11. The van der Waals surface area contributed by atoms with Crippen molar-refractivity contribution in [2.45, 2.75) is 31.6 Å². The molecule has 0 spiro atoms. The summed E-state index contributed by atoms with van der Waals surface area (Å²) in [5.41, 5.74) is 9.99. The van der Waals surface area contributed by atoms with Gasteiger partial charge in [0.15, 0.2) is 0 Å². The normalized spacial score (nSPS) is 16.8. The van der Waals surface area contributed by atoms with Crippen LogP contribution in [-0.2, 0) is 5.41 Å². The van der Waals surface area contributed by atoms with Crippen LogP contribution in [-0.4, -0.2) is 0 Å². The second-order valence-corrected chi connectivity index (χ2v) is 13.7. The fourth-order valence-corrected chi connectivity index (χ4v) is 8.48. The Hall–Kier alpha value is -5.60. The lowest BCUT2D eigenvalue weighted by molar-refractivity contribution is 0.425. The third kappa shape index (κ3) is 3.79. The summed E-state index contributed by atoms with van der Waals surface area (Å²) in [5, 5.41) is 7.55.